The van der Waals surface area contributed by atoms with Gasteiger partial charge in [0.2, 0.25) is 0 Å². The lowest BCUT2D eigenvalue weighted by Crippen LogP contribution is -2.00. The minimum Gasteiger partial charge on any atom is -0.481 e. The summed E-state index contributed by atoms with van der Waals surface area (Å²) in [5, 5.41) is 9.84. The van der Waals surface area contributed by atoms with Crippen LogP contribution in [0.3, 0.4) is 0 Å². The summed E-state index contributed by atoms with van der Waals surface area (Å²) in [5.74, 6) is -0.244. The van der Waals surface area contributed by atoms with Crippen LogP contribution in [0.4, 0.5) is 0 Å². The van der Waals surface area contributed by atoms with E-state index in [2.05, 4.69) is 9.97 Å². The summed E-state index contributed by atoms with van der Waals surface area (Å²) in [6.07, 6.45) is 8.49. The third kappa shape index (κ3) is 2.54. The Morgan fingerprint density at radius 1 is 1.21 bits per heavy atom. The van der Waals surface area contributed by atoms with Gasteiger partial charge in [0.25, 0.3) is 0 Å². The van der Waals surface area contributed by atoms with Crippen molar-refractivity contribution in [2.75, 3.05) is 0 Å². The molecule has 118 valence electrons. The van der Waals surface area contributed by atoms with Gasteiger partial charge in [-0.25, -0.2) is 4.98 Å². The van der Waals surface area contributed by atoms with E-state index in [0.29, 0.717) is 17.1 Å². The third-order valence-electron chi connectivity index (χ3n) is 3.75. The number of fused-ring (bicyclic) bond motifs is 1. The van der Waals surface area contributed by atoms with Gasteiger partial charge in [-0.2, -0.15) is 0 Å². The maximum absolute atomic E-state index is 10.8. The molecule has 3 heterocycles. The first-order valence-electron chi connectivity index (χ1n) is 7.38. The summed E-state index contributed by atoms with van der Waals surface area (Å²) < 4.78 is 7.32. The van der Waals surface area contributed by atoms with Gasteiger partial charge in [-0.3, -0.25) is 9.78 Å². The van der Waals surface area contributed by atoms with Crippen LogP contribution in [0.1, 0.15) is 5.56 Å². The van der Waals surface area contributed by atoms with Crippen LogP contribution in [0.15, 0.2) is 65.8 Å². The van der Waals surface area contributed by atoms with E-state index >= 15 is 0 Å². The molecule has 0 aliphatic rings. The number of carbonyl (C=O) groups is 1. The second kappa shape index (κ2) is 5.66. The highest BCUT2D eigenvalue weighted by Crippen LogP contribution is 2.29. The van der Waals surface area contributed by atoms with Crippen molar-refractivity contribution < 1.29 is 14.3 Å². The van der Waals surface area contributed by atoms with Gasteiger partial charge in [-0.05, 0) is 17.7 Å². The molecule has 0 unspecified atom stereocenters. The fourth-order valence-corrected chi connectivity index (χ4v) is 2.65. The van der Waals surface area contributed by atoms with Crippen LogP contribution >= 0.6 is 0 Å². The molecular formula is C18H13N3O3. The largest absolute Gasteiger partial charge is 0.481 e. The highest BCUT2D eigenvalue weighted by atomic mass is 16.4. The van der Waals surface area contributed by atoms with Crippen LogP contribution in [-0.4, -0.2) is 25.6 Å². The maximum Gasteiger partial charge on any atom is 0.307 e. The molecule has 4 aromatic rings. The van der Waals surface area contributed by atoms with Gasteiger partial charge in [-0.15, -0.1) is 0 Å². The molecule has 6 nitrogen and oxygen atoms in total. The van der Waals surface area contributed by atoms with E-state index in [1.54, 1.807) is 41.7 Å². The molecule has 0 saturated heterocycles. The summed E-state index contributed by atoms with van der Waals surface area (Å²) in [6.45, 7) is 0. The van der Waals surface area contributed by atoms with E-state index in [-0.39, 0.29) is 6.42 Å². The van der Waals surface area contributed by atoms with E-state index in [1.165, 1.54) is 0 Å². The summed E-state index contributed by atoms with van der Waals surface area (Å²) in [5.41, 5.74) is 3.08. The standard InChI is InChI=1S/C18H13N3O3/c22-18(23)7-12-5-6-21(10-12)17-9-19-8-15(20-17)14-11-24-16-4-2-1-3-13(14)16/h1-6,8-11H,7H2,(H,22,23). The molecule has 0 aliphatic carbocycles. The van der Waals surface area contributed by atoms with E-state index in [1.807, 2.05) is 24.3 Å². The Labute approximate surface area is 137 Å². The van der Waals surface area contributed by atoms with Crippen LogP contribution in [-0.2, 0) is 11.2 Å². The first-order chi connectivity index (χ1) is 11.7. The quantitative estimate of drug-likeness (QED) is 0.624. The van der Waals surface area contributed by atoms with E-state index < -0.39 is 5.97 Å². The first-order valence-corrected chi connectivity index (χ1v) is 7.38. The Kier molecular flexibility index (Phi) is 3.35. The lowest BCUT2D eigenvalue weighted by Gasteiger charge is -2.04. The second-order valence-corrected chi connectivity index (χ2v) is 5.41. The normalized spacial score (nSPS) is 11.0. The number of carboxylic acid groups (broad SMARTS) is 1. The molecule has 0 amide bonds. The number of furan rings is 1. The van der Waals surface area contributed by atoms with Crippen molar-refractivity contribution in [3.8, 4) is 17.1 Å². The Morgan fingerprint density at radius 3 is 2.96 bits per heavy atom. The smallest absolute Gasteiger partial charge is 0.307 e. The monoisotopic (exact) mass is 319 g/mol. The van der Waals surface area contributed by atoms with E-state index in [9.17, 15) is 4.79 Å². The van der Waals surface area contributed by atoms with Crippen molar-refractivity contribution in [2.24, 2.45) is 0 Å². The van der Waals surface area contributed by atoms with Crippen LogP contribution in [0, 0.1) is 0 Å². The summed E-state index contributed by atoms with van der Waals surface area (Å²) in [4.78, 5) is 19.7. The molecule has 0 fully saturated rings. The molecule has 0 radical (unpaired) electrons. The van der Waals surface area contributed by atoms with Gasteiger partial charge >= 0.3 is 5.97 Å². The number of benzene rings is 1. The zero-order chi connectivity index (χ0) is 16.5. The number of aliphatic carboxylic acids is 1. The maximum atomic E-state index is 10.8. The summed E-state index contributed by atoms with van der Waals surface area (Å²) in [7, 11) is 0. The lowest BCUT2D eigenvalue weighted by molar-refractivity contribution is -0.136. The average molecular weight is 319 g/mol. The highest BCUT2D eigenvalue weighted by Gasteiger charge is 2.11. The van der Waals surface area contributed by atoms with Gasteiger partial charge in [-0.1, -0.05) is 18.2 Å². The van der Waals surface area contributed by atoms with E-state index in [0.717, 1.165) is 16.5 Å². The molecule has 3 aromatic heterocycles. The number of nitrogens with zero attached hydrogens (tertiary/aromatic N) is 3. The molecule has 0 bridgehead atoms. The van der Waals surface area contributed by atoms with Gasteiger partial charge < -0.3 is 14.1 Å². The molecular weight excluding hydrogens is 306 g/mol. The highest BCUT2D eigenvalue weighted by molar-refractivity contribution is 5.92. The van der Waals surface area contributed by atoms with Crippen LogP contribution in [0.2, 0.25) is 0 Å². The van der Waals surface area contributed by atoms with Crippen LogP contribution in [0.25, 0.3) is 28.0 Å². The number of carboxylic acids is 1. The number of hydrogen-bond acceptors (Lipinski definition) is 4. The van der Waals surface area contributed by atoms with Gasteiger partial charge in [0.1, 0.15) is 11.8 Å². The molecule has 24 heavy (non-hydrogen) atoms. The number of hydrogen-bond donors (Lipinski definition) is 1. The summed E-state index contributed by atoms with van der Waals surface area (Å²) >= 11 is 0. The van der Waals surface area contributed by atoms with Crippen LogP contribution in [0.5, 0.6) is 0 Å². The first kappa shape index (κ1) is 14.2. The average Bonchev–Trinajstić information content (AvgIpc) is 3.21. The Hall–Kier alpha value is -3.41. The molecule has 0 spiro atoms. The Morgan fingerprint density at radius 2 is 2.08 bits per heavy atom. The molecule has 0 aliphatic heterocycles. The van der Waals surface area contributed by atoms with Gasteiger partial charge in [0, 0.05) is 23.3 Å². The molecule has 1 N–H and O–H groups in total. The lowest BCUT2D eigenvalue weighted by atomic mass is 10.1. The second-order valence-electron chi connectivity index (χ2n) is 5.41. The molecule has 0 atom stereocenters. The van der Waals surface area contributed by atoms with Gasteiger partial charge in [0.05, 0.1) is 24.5 Å². The Bertz CT molecular complexity index is 1030. The van der Waals surface area contributed by atoms with Gasteiger partial charge in [0.15, 0.2) is 5.82 Å². The zero-order valence-corrected chi connectivity index (χ0v) is 12.6. The van der Waals surface area contributed by atoms with Crippen molar-refractivity contribution in [2.45, 2.75) is 6.42 Å². The zero-order valence-electron chi connectivity index (χ0n) is 12.6. The third-order valence-corrected chi connectivity index (χ3v) is 3.75. The summed E-state index contributed by atoms with van der Waals surface area (Å²) in [6, 6.07) is 9.50. The fraction of sp³-hybridized carbons (Fsp3) is 0.0556. The molecule has 4 rings (SSSR count). The minimum absolute atomic E-state index is 0.0213. The molecule has 0 saturated carbocycles. The van der Waals surface area contributed by atoms with Crippen molar-refractivity contribution in [1.82, 2.24) is 14.5 Å². The minimum atomic E-state index is -0.863. The molecule has 6 heteroatoms. The van der Waals surface area contributed by atoms with Crippen LogP contribution < -0.4 is 0 Å². The van der Waals surface area contributed by atoms with E-state index in [4.69, 9.17) is 9.52 Å². The fourth-order valence-electron chi connectivity index (χ4n) is 2.65. The topological polar surface area (TPSA) is 81.1 Å². The van der Waals surface area contributed by atoms with Crippen molar-refractivity contribution >= 4 is 16.9 Å². The number of para-hydroxylation sites is 1. The number of aromatic nitrogens is 3. The Balaban J connectivity index is 1.74. The van der Waals surface area contributed by atoms with Crippen molar-refractivity contribution in [3.05, 3.63) is 66.9 Å². The van der Waals surface area contributed by atoms with Crippen molar-refractivity contribution in [1.29, 1.82) is 0 Å². The predicted octanol–water partition coefficient (Wildman–Crippen LogP) is 3.31. The SMILES string of the molecule is O=C(O)Cc1ccn(-c2cncc(-c3coc4ccccc34)n2)c1. The number of rotatable bonds is 4. The van der Waals surface area contributed by atoms with Crippen molar-refractivity contribution in [3.63, 3.8) is 0 Å². The predicted molar refractivity (Wildman–Crippen MR) is 87.9 cm³/mol. The molecule has 1 aromatic carbocycles.